The molecule has 0 spiro atoms. The van der Waals surface area contributed by atoms with Gasteiger partial charge in [-0.05, 0) is 40.6 Å². The number of halogens is 1. The van der Waals surface area contributed by atoms with E-state index in [-0.39, 0.29) is 17.6 Å². The maximum absolute atomic E-state index is 12.1. The molecule has 20 heavy (non-hydrogen) atoms. The van der Waals surface area contributed by atoms with E-state index in [4.69, 9.17) is 4.74 Å². The predicted octanol–water partition coefficient (Wildman–Crippen LogP) is 3.92. The summed E-state index contributed by atoms with van der Waals surface area (Å²) in [6.45, 7) is 4.08. The molecule has 1 atom stereocenters. The molecule has 0 radical (unpaired) electrons. The zero-order chi connectivity index (χ0) is 14.7. The van der Waals surface area contributed by atoms with Gasteiger partial charge in [-0.3, -0.25) is 4.79 Å². The Morgan fingerprint density at radius 3 is 2.50 bits per heavy atom. The highest BCUT2D eigenvalue weighted by Gasteiger charge is 2.28. The van der Waals surface area contributed by atoms with Gasteiger partial charge in [-0.2, -0.15) is 0 Å². The zero-order valence-electron chi connectivity index (χ0n) is 12.4. The molecule has 1 heterocycles. The van der Waals surface area contributed by atoms with Crippen molar-refractivity contribution in [1.29, 1.82) is 0 Å². The Labute approximate surface area is 128 Å². The van der Waals surface area contributed by atoms with Gasteiger partial charge in [0.05, 0.1) is 5.69 Å². The molecule has 0 aliphatic heterocycles. The Bertz CT molecular complexity index is 507. The Morgan fingerprint density at radius 2 is 1.95 bits per heavy atom. The standard InChI is InChI=1S/C15H23BrN2O2/c1-9(2)12-11(16)15(19)18-14(17-12)13(20-3)10-7-5-4-6-8-10/h9-10,13H,4-8H2,1-3H3,(H,17,18,19). The minimum Gasteiger partial charge on any atom is -0.373 e. The van der Waals surface area contributed by atoms with Gasteiger partial charge < -0.3 is 9.72 Å². The zero-order valence-corrected chi connectivity index (χ0v) is 14.0. The molecular formula is C15H23BrN2O2. The summed E-state index contributed by atoms with van der Waals surface area (Å²) in [5.74, 6) is 1.34. The lowest BCUT2D eigenvalue weighted by Crippen LogP contribution is -2.25. The van der Waals surface area contributed by atoms with Crippen LogP contribution in [0.2, 0.25) is 0 Å². The molecule has 1 aliphatic carbocycles. The highest BCUT2D eigenvalue weighted by molar-refractivity contribution is 9.10. The molecule has 1 unspecified atom stereocenters. The van der Waals surface area contributed by atoms with Gasteiger partial charge >= 0.3 is 0 Å². The smallest absolute Gasteiger partial charge is 0.265 e. The molecule has 0 bridgehead atoms. The van der Waals surface area contributed by atoms with E-state index in [2.05, 4.69) is 25.9 Å². The lowest BCUT2D eigenvalue weighted by molar-refractivity contribution is 0.0285. The van der Waals surface area contributed by atoms with Crippen LogP contribution < -0.4 is 5.56 Å². The van der Waals surface area contributed by atoms with E-state index in [1.165, 1.54) is 19.3 Å². The summed E-state index contributed by atoms with van der Waals surface area (Å²) < 4.78 is 6.19. The van der Waals surface area contributed by atoms with Gasteiger partial charge in [0.1, 0.15) is 16.4 Å². The molecule has 1 fully saturated rings. The number of hydrogen-bond acceptors (Lipinski definition) is 3. The van der Waals surface area contributed by atoms with E-state index in [0.717, 1.165) is 18.5 Å². The van der Waals surface area contributed by atoms with E-state index in [0.29, 0.717) is 16.2 Å². The second-order valence-electron chi connectivity index (χ2n) is 5.86. The molecule has 1 aliphatic rings. The van der Waals surface area contributed by atoms with Gasteiger partial charge in [0.25, 0.3) is 5.56 Å². The van der Waals surface area contributed by atoms with E-state index in [1.807, 2.05) is 13.8 Å². The molecule has 0 aromatic carbocycles. The molecule has 1 aromatic heterocycles. The van der Waals surface area contributed by atoms with Crippen molar-refractivity contribution in [3.05, 3.63) is 26.3 Å². The molecule has 2 rings (SSSR count). The fourth-order valence-corrected chi connectivity index (χ4v) is 3.62. The van der Waals surface area contributed by atoms with Gasteiger partial charge in [-0.15, -0.1) is 0 Å². The van der Waals surface area contributed by atoms with Crippen molar-refractivity contribution < 1.29 is 4.74 Å². The Morgan fingerprint density at radius 1 is 1.30 bits per heavy atom. The van der Waals surface area contributed by atoms with E-state index < -0.39 is 0 Å². The van der Waals surface area contributed by atoms with Crippen LogP contribution in [-0.2, 0) is 4.74 Å². The minimum absolute atomic E-state index is 0.103. The first-order chi connectivity index (χ1) is 9.54. The van der Waals surface area contributed by atoms with E-state index in [9.17, 15) is 4.79 Å². The SMILES string of the molecule is COC(c1nc(C(C)C)c(Br)c(=O)[nH]1)C1CCCCC1. The summed E-state index contributed by atoms with van der Waals surface area (Å²) in [5.41, 5.74) is 0.693. The lowest BCUT2D eigenvalue weighted by Gasteiger charge is -2.28. The Kier molecular flexibility index (Phi) is 5.38. The quantitative estimate of drug-likeness (QED) is 0.901. The third kappa shape index (κ3) is 3.31. The van der Waals surface area contributed by atoms with Crippen LogP contribution in [0, 0.1) is 5.92 Å². The van der Waals surface area contributed by atoms with Crippen molar-refractivity contribution in [2.45, 2.75) is 58.0 Å². The topological polar surface area (TPSA) is 55.0 Å². The van der Waals surface area contributed by atoms with Crippen LogP contribution in [0.3, 0.4) is 0 Å². The molecule has 4 nitrogen and oxygen atoms in total. The van der Waals surface area contributed by atoms with Crippen molar-refractivity contribution in [3.63, 3.8) is 0 Å². The first kappa shape index (κ1) is 15.7. The fraction of sp³-hybridized carbons (Fsp3) is 0.733. The van der Waals surface area contributed by atoms with Crippen LogP contribution in [0.25, 0.3) is 0 Å². The number of methoxy groups -OCH3 is 1. The Balaban J connectivity index is 2.36. The summed E-state index contributed by atoms with van der Waals surface area (Å²) in [4.78, 5) is 19.6. The molecule has 112 valence electrons. The van der Waals surface area contributed by atoms with Gasteiger partial charge in [-0.1, -0.05) is 33.1 Å². The lowest BCUT2D eigenvalue weighted by atomic mass is 9.85. The van der Waals surface area contributed by atoms with Crippen LogP contribution in [-0.4, -0.2) is 17.1 Å². The summed E-state index contributed by atoms with van der Waals surface area (Å²) in [7, 11) is 1.70. The summed E-state index contributed by atoms with van der Waals surface area (Å²) in [6.07, 6.45) is 5.97. The number of ether oxygens (including phenoxy) is 1. The first-order valence-corrected chi connectivity index (χ1v) is 8.16. The average Bonchev–Trinajstić information content (AvgIpc) is 2.44. The van der Waals surface area contributed by atoms with Crippen molar-refractivity contribution >= 4 is 15.9 Å². The molecule has 1 saturated carbocycles. The number of nitrogens with zero attached hydrogens (tertiary/aromatic N) is 1. The van der Waals surface area contributed by atoms with Crippen LogP contribution in [0.15, 0.2) is 9.27 Å². The van der Waals surface area contributed by atoms with Crippen molar-refractivity contribution in [3.8, 4) is 0 Å². The number of aromatic nitrogens is 2. The second kappa shape index (κ2) is 6.85. The number of nitrogens with one attached hydrogen (secondary N) is 1. The van der Waals surface area contributed by atoms with Crippen LogP contribution in [0.4, 0.5) is 0 Å². The Hall–Kier alpha value is -0.680. The molecular weight excluding hydrogens is 320 g/mol. The molecule has 5 heteroatoms. The van der Waals surface area contributed by atoms with Gasteiger partial charge in [0.2, 0.25) is 0 Å². The van der Waals surface area contributed by atoms with E-state index in [1.54, 1.807) is 7.11 Å². The third-order valence-corrected chi connectivity index (χ3v) is 4.82. The first-order valence-electron chi connectivity index (χ1n) is 7.37. The average molecular weight is 343 g/mol. The molecule has 1 aromatic rings. The van der Waals surface area contributed by atoms with Crippen molar-refractivity contribution in [1.82, 2.24) is 9.97 Å². The van der Waals surface area contributed by atoms with Crippen LogP contribution in [0.1, 0.15) is 69.5 Å². The van der Waals surface area contributed by atoms with E-state index >= 15 is 0 Å². The van der Waals surface area contributed by atoms with Gasteiger partial charge in [-0.25, -0.2) is 4.98 Å². The maximum atomic E-state index is 12.1. The minimum atomic E-state index is -0.114. The largest absolute Gasteiger partial charge is 0.373 e. The second-order valence-corrected chi connectivity index (χ2v) is 6.65. The highest BCUT2D eigenvalue weighted by Crippen LogP contribution is 2.35. The fourth-order valence-electron chi connectivity index (χ4n) is 2.98. The van der Waals surface area contributed by atoms with Gasteiger partial charge in [0.15, 0.2) is 0 Å². The number of hydrogen-bond donors (Lipinski definition) is 1. The molecule has 0 amide bonds. The monoisotopic (exact) mass is 342 g/mol. The maximum Gasteiger partial charge on any atom is 0.265 e. The summed E-state index contributed by atoms with van der Waals surface area (Å²) in [6, 6.07) is 0. The highest BCUT2D eigenvalue weighted by atomic mass is 79.9. The normalized spacial score (nSPS) is 18.4. The molecule has 0 saturated heterocycles. The van der Waals surface area contributed by atoms with Crippen LogP contribution in [0.5, 0.6) is 0 Å². The van der Waals surface area contributed by atoms with Gasteiger partial charge in [0, 0.05) is 7.11 Å². The number of H-pyrrole nitrogens is 1. The van der Waals surface area contributed by atoms with Crippen molar-refractivity contribution in [2.75, 3.05) is 7.11 Å². The third-order valence-electron chi connectivity index (χ3n) is 4.06. The summed E-state index contributed by atoms with van der Waals surface area (Å²) >= 11 is 3.33. The number of aromatic amines is 1. The summed E-state index contributed by atoms with van der Waals surface area (Å²) in [5, 5.41) is 0. The number of rotatable bonds is 4. The predicted molar refractivity (Wildman–Crippen MR) is 83.0 cm³/mol. The van der Waals surface area contributed by atoms with Crippen LogP contribution >= 0.6 is 15.9 Å². The molecule has 1 N–H and O–H groups in total. The van der Waals surface area contributed by atoms with Crippen molar-refractivity contribution in [2.24, 2.45) is 5.92 Å².